The molecule has 0 bridgehead atoms. The minimum absolute atomic E-state index is 0.0280. The van der Waals surface area contributed by atoms with Crippen molar-refractivity contribution in [1.29, 1.82) is 0 Å². The number of rotatable bonds is 4. The molecule has 3 nitrogen and oxygen atoms in total. The first kappa shape index (κ1) is 11.8. The summed E-state index contributed by atoms with van der Waals surface area (Å²) in [7, 11) is 0. The van der Waals surface area contributed by atoms with Crippen LogP contribution in [0.2, 0.25) is 0 Å². The highest BCUT2D eigenvalue weighted by molar-refractivity contribution is 5.20. The molecule has 1 aromatic heterocycles. The Morgan fingerprint density at radius 2 is 2.18 bits per heavy atom. The van der Waals surface area contributed by atoms with E-state index >= 15 is 0 Å². The number of hydrogen-bond donors (Lipinski definition) is 2. The van der Waals surface area contributed by atoms with Crippen molar-refractivity contribution in [3.63, 3.8) is 0 Å². The maximum atomic E-state index is 13.5. The Bertz CT molecular complexity index is 493. The standard InChI is InChI=1S/C13H16FN3/c1-9(12-5-3-4-6-13(12)14)15-7-11-8-16-10(2)17-11/h3-6,8-9,15H,7H2,1-2H3,(H,16,17). The first-order valence-corrected chi connectivity index (χ1v) is 5.65. The Balaban J connectivity index is 1.98. The summed E-state index contributed by atoms with van der Waals surface area (Å²) in [5.41, 5.74) is 1.69. The van der Waals surface area contributed by atoms with Gasteiger partial charge in [0.2, 0.25) is 0 Å². The van der Waals surface area contributed by atoms with Gasteiger partial charge in [0.25, 0.3) is 0 Å². The number of aryl methyl sites for hydroxylation is 1. The minimum atomic E-state index is -0.173. The van der Waals surface area contributed by atoms with Gasteiger partial charge in [-0.3, -0.25) is 0 Å². The molecular weight excluding hydrogens is 217 g/mol. The number of H-pyrrole nitrogens is 1. The van der Waals surface area contributed by atoms with Crippen LogP contribution in [0.5, 0.6) is 0 Å². The Morgan fingerprint density at radius 3 is 2.82 bits per heavy atom. The molecule has 0 radical (unpaired) electrons. The summed E-state index contributed by atoms with van der Waals surface area (Å²) in [5.74, 6) is 0.716. The molecule has 0 fully saturated rings. The van der Waals surface area contributed by atoms with E-state index in [2.05, 4.69) is 15.3 Å². The molecule has 0 saturated carbocycles. The van der Waals surface area contributed by atoms with Crippen molar-refractivity contribution >= 4 is 0 Å². The average molecular weight is 233 g/mol. The van der Waals surface area contributed by atoms with Crippen LogP contribution < -0.4 is 5.32 Å². The van der Waals surface area contributed by atoms with E-state index in [1.807, 2.05) is 19.9 Å². The Labute approximate surface area is 100 Å². The van der Waals surface area contributed by atoms with Crippen LogP contribution in [-0.4, -0.2) is 9.97 Å². The first-order chi connectivity index (χ1) is 8.16. The van der Waals surface area contributed by atoms with Gasteiger partial charge in [-0.15, -0.1) is 0 Å². The molecule has 4 heteroatoms. The molecule has 2 rings (SSSR count). The second-order valence-electron chi connectivity index (χ2n) is 4.12. The van der Waals surface area contributed by atoms with Gasteiger partial charge in [0.1, 0.15) is 11.6 Å². The van der Waals surface area contributed by atoms with Gasteiger partial charge in [-0.25, -0.2) is 9.37 Å². The number of aromatic amines is 1. The zero-order valence-corrected chi connectivity index (χ0v) is 10.00. The SMILES string of the molecule is Cc1ncc(CNC(C)c2ccccc2F)[nH]1. The zero-order valence-electron chi connectivity index (χ0n) is 10.00. The van der Waals surface area contributed by atoms with Gasteiger partial charge >= 0.3 is 0 Å². The second kappa shape index (κ2) is 5.10. The molecule has 17 heavy (non-hydrogen) atoms. The third kappa shape index (κ3) is 2.91. The van der Waals surface area contributed by atoms with E-state index in [1.54, 1.807) is 18.3 Å². The lowest BCUT2D eigenvalue weighted by molar-refractivity contribution is 0.525. The molecule has 2 N–H and O–H groups in total. The van der Waals surface area contributed by atoms with Gasteiger partial charge in [0.05, 0.1) is 0 Å². The van der Waals surface area contributed by atoms with Crippen molar-refractivity contribution in [3.05, 3.63) is 53.4 Å². The van der Waals surface area contributed by atoms with Crippen molar-refractivity contribution < 1.29 is 4.39 Å². The van der Waals surface area contributed by atoms with Gasteiger partial charge in [0.15, 0.2) is 0 Å². The largest absolute Gasteiger partial charge is 0.345 e. The van der Waals surface area contributed by atoms with Crippen LogP contribution >= 0.6 is 0 Å². The van der Waals surface area contributed by atoms with E-state index in [0.717, 1.165) is 11.5 Å². The highest BCUT2D eigenvalue weighted by atomic mass is 19.1. The number of hydrogen-bond acceptors (Lipinski definition) is 2. The van der Waals surface area contributed by atoms with E-state index in [0.29, 0.717) is 12.1 Å². The summed E-state index contributed by atoms with van der Waals surface area (Å²) in [6, 6.07) is 6.79. The fraction of sp³-hybridized carbons (Fsp3) is 0.308. The average Bonchev–Trinajstić information content (AvgIpc) is 2.73. The number of halogens is 1. The van der Waals surface area contributed by atoms with Crippen LogP contribution in [0.15, 0.2) is 30.5 Å². The van der Waals surface area contributed by atoms with Crippen molar-refractivity contribution in [3.8, 4) is 0 Å². The van der Waals surface area contributed by atoms with Crippen LogP contribution in [-0.2, 0) is 6.54 Å². The lowest BCUT2D eigenvalue weighted by Crippen LogP contribution is -2.19. The van der Waals surface area contributed by atoms with Gasteiger partial charge in [0, 0.05) is 30.0 Å². The fourth-order valence-corrected chi connectivity index (χ4v) is 1.76. The smallest absolute Gasteiger partial charge is 0.127 e. The molecule has 0 aliphatic carbocycles. The van der Waals surface area contributed by atoms with Crippen LogP contribution in [0.25, 0.3) is 0 Å². The van der Waals surface area contributed by atoms with Crippen molar-refractivity contribution in [2.24, 2.45) is 0 Å². The minimum Gasteiger partial charge on any atom is -0.345 e. The van der Waals surface area contributed by atoms with E-state index < -0.39 is 0 Å². The molecule has 1 heterocycles. The monoisotopic (exact) mass is 233 g/mol. The zero-order chi connectivity index (χ0) is 12.3. The first-order valence-electron chi connectivity index (χ1n) is 5.65. The molecule has 0 saturated heterocycles. The van der Waals surface area contributed by atoms with Crippen molar-refractivity contribution in [2.75, 3.05) is 0 Å². The lowest BCUT2D eigenvalue weighted by Gasteiger charge is -2.14. The molecule has 0 aliphatic heterocycles. The lowest BCUT2D eigenvalue weighted by atomic mass is 10.1. The summed E-state index contributed by atoms with van der Waals surface area (Å²) >= 11 is 0. The predicted octanol–water partition coefficient (Wildman–Crippen LogP) is 2.71. The molecule has 1 aromatic carbocycles. The molecule has 1 unspecified atom stereocenters. The summed E-state index contributed by atoms with van der Waals surface area (Å²) in [6.07, 6.45) is 1.79. The Kier molecular flexibility index (Phi) is 3.54. The quantitative estimate of drug-likeness (QED) is 0.852. The van der Waals surface area contributed by atoms with Crippen LogP contribution in [0.3, 0.4) is 0 Å². The number of benzene rings is 1. The molecular formula is C13H16FN3. The molecule has 1 atom stereocenters. The van der Waals surface area contributed by atoms with Crippen LogP contribution in [0.1, 0.15) is 30.0 Å². The Hall–Kier alpha value is -1.68. The molecule has 0 amide bonds. The molecule has 90 valence electrons. The van der Waals surface area contributed by atoms with Crippen molar-refractivity contribution in [2.45, 2.75) is 26.4 Å². The maximum absolute atomic E-state index is 13.5. The highest BCUT2D eigenvalue weighted by Crippen LogP contribution is 2.16. The number of aromatic nitrogens is 2. The van der Waals surface area contributed by atoms with Crippen LogP contribution in [0, 0.1) is 12.7 Å². The summed E-state index contributed by atoms with van der Waals surface area (Å²) < 4.78 is 13.5. The highest BCUT2D eigenvalue weighted by Gasteiger charge is 2.09. The maximum Gasteiger partial charge on any atom is 0.127 e. The molecule has 0 aliphatic rings. The van der Waals surface area contributed by atoms with E-state index in [1.165, 1.54) is 6.07 Å². The number of nitrogens with one attached hydrogen (secondary N) is 2. The fourth-order valence-electron chi connectivity index (χ4n) is 1.76. The molecule has 2 aromatic rings. The number of imidazole rings is 1. The predicted molar refractivity (Wildman–Crippen MR) is 65.0 cm³/mol. The van der Waals surface area contributed by atoms with Gasteiger partial charge in [-0.2, -0.15) is 0 Å². The van der Waals surface area contributed by atoms with Gasteiger partial charge in [-0.05, 0) is 19.9 Å². The second-order valence-corrected chi connectivity index (χ2v) is 4.12. The summed E-state index contributed by atoms with van der Waals surface area (Å²) in [6.45, 7) is 4.50. The number of nitrogens with zero attached hydrogens (tertiary/aromatic N) is 1. The van der Waals surface area contributed by atoms with Gasteiger partial charge in [-0.1, -0.05) is 18.2 Å². The summed E-state index contributed by atoms with van der Waals surface area (Å²) in [5, 5.41) is 3.26. The third-order valence-electron chi connectivity index (χ3n) is 2.73. The van der Waals surface area contributed by atoms with Gasteiger partial charge < -0.3 is 10.3 Å². The normalized spacial score (nSPS) is 12.6. The summed E-state index contributed by atoms with van der Waals surface area (Å²) in [4.78, 5) is 7.25. The molecule has 0 spiro atoms. The third-order valence-corrected chi connectivity index (χ3v) is 2.73. The topological polar surface area (TPSA) is 40.7 Å². The van der Waals surface area contributed by atoms with Crippen LogP contribution in [0.4, 0.5) is 4.39 Å². The Morgan fingerprint density at radius 1 is 1.41 bits per heavy atom. The van der Waals surface area contributed by atoms with Crippen molar-refractivity contribution in [1.82, 2.24) is 15.3 Å². The van der Waals surface area contributed by atoms with E-state index in [9.17, 15) is 4.39 Å². The van der Waals surface area contributed by atoms with E-state index in [4.69, 9.17) is 0 Å². The van der Waals surface area contributed by atoms with E-state index in [-0.39, 0.29) is 11.9 Å².